The van der Waals surface area contributed by atoms with E-state index in [9.17, 15) is 8.42 Å². The Kier molecular flexibility index (Phi) is 2.99. The largest absolute Gasteiger partial charge is 0.308 e. The predicted molar refractivity (Wildman–Crippen MR) is 71.6 cm³/mol. The molecule has 0 aromatic carbocycles. The third kappa shape index (κ3) is 2.58. The molecule has 2 aliphatic carbocycles. The Labute approximate surface area is 112 Å². The average Bonchev–Trinajstić information content (AvgIpc) is 3.29. The van der Waals surface area contributed by atoms with E-state index in [2.05, 4.69) is 15.1 Å². The fraction of sp³-hybridized carbons (Fsp3) is 0.583. The van der Waals surface area contributed by atoms with Crippen LogP contribution in [0.1, 0.15) is 25.7 Å². The minimum Gasteiger partial charge on any atom is -0.308 e. The Hall–Kier alpha value is -1.18. The number of hydrazine groups is 1. The molecule has 0 unspecified atom stereocenters. The Morgan fingerprint density at radius 1 is 1.37 bits per heavy atom. The summed E-state index contributed by atoms with van der Waals surface area (Å²) in [7, 11) is -3.47. The van der Waals surface area contributed by atoms with E-state index in [1.807, 2.05) is 0 Å². The molecule has 2 aliphatic rings. The third-order valence-electron chi connectivity index (χ3n) is 4.14. The number of sulfonamides is 1. The average molecular weight is 282 g/mol. The summed E-state index contributed by atoms with van der Waals surface area (Å²) < 4.78 is 27.0. The number of nitrogens with zero attached hydrogens (tertiary/aromatic N) is 1. The molecule has 0 amide bonds. The highest BCUT2D eigenvalue weighted by Crippen LogP contribution is 2.60. The molecule has 7 heteroatoms. The van der Waals surface area contributed by atoms with Gasteiger partial charge in [-0.1, -0.05) is 0 Å². The molecule has 6 nitrogen and oxygen atoms in total. The first-order chi connectivity index (χ1) is 9.06. The van der Waals surface area contributed by atoms with E-state index in [0.717, 1.165) is 18.8 Å². The molecule has 0 aliphatic heterocycles. The number of rotatable bonds is 6. The van der Waals surface area contributed by atoms with Crippen LogP contribution < -0.4 is 16.0 Å². The van der Waals surface area contributed by atoms with Crippen LogP contribution in [0.2, 0.25) is 0 Å². The molecular weight excluding hydrogens is 264 g/mol. The molecular formula is C12H18N4O2S. The first-order valence-electron chi connectivity index (χ1n) is 6.48. The van der Waals surface area contributed by atoms with Gasteiger partial charge in [-0.3, -0.25) is 0 Å². The molecule has 2 saturated carbocycles. The van der Waals surface area contributed by atoms with E-state index in [-0.39, 0.29) is 10.3 Å². The lowest BCUT2D eigenvalue weighted by Crippen LogP contribution is -2.31. The van der Waals surface area contributed by atoms with Gasteiger partial charge in [0.2, 0.25) is 10.0 Å². The van der Waals surface area contributed by atoms with Crippen molar-refractivity contribution in [2.45, 2.75) is 30.6 Å². The van der Waals surface area contributed by atoms with Crippen molar-refractivity contribution in [1.82, 2.24) is 9.71 Å². The van der Waals surface area contributed by atoms with Gasteiger partial charge in [0.25, 0.3) is 0 Å². The number of pyridine rings is 1. The minimum atomic E-state index is -3.47. The summed E-state index contributed by atoms with van der Waals surface area (Å²) in [5.74, 6) is 6.37. The van der Waals surface area contributed by atoms with Gasteiger partial charge < -0.3 is 5.43 Å². The molecule has 1 aromatic heterocycles. The predicted octanol–water partition coefficient (Wildman–Crippen LogP) is 0.836. The third-order valence-corrected chi connectivity index (χ3v) is 5.53. The lowest BCUT2D eigenvalue weighted by atomic mass is 10.0. The second-order valence-corrected chi connectivity index (χ2v) is 7.25. The summed E-state index contributed by atoms with van der Waals surface area (Å²) in [6.45, 7) is 0.552. The highest BCUT2D eigenvalue weighted by atomic mass is 32.2. The van der Waals surface area contributed by atoms with Crippen molar-refractivity contribution in [3.63, 3.8) is 0 Å². The zero-order chi connectivity index (χ0) is 13.5. The number of nitrogen functional groups attached to an aromatic ring is 1. The number of aromatic nitrogens is 1. The molecule has 4 N–H and O–H groups in total. The van der Waals surface area contributed by atoms with Crippen LogP contribution in [0.15, 0.2) is 23.2 Å². The van der Waals surface area contributed by atoms with Gasteiger partial charge in [0.05, 0.1) is 0 Å². The van der Waals surface area contributed by atoms with E-state index in [4.69, 9.17) is 5.84 Å². The van der Waals surface area contributed by atoms with Crippen LogP contribution in [-0.4, -0.2) is 19.9 Å². The minimum absolute atomic E-state index is 0.179. The van der Waals surface area contributed by atoms with E-state index in [0.29, 0.717) is 12.4 Å². The topological polar surface area (TPSA) is 97.1 Å². The van der Waals surface area contributed by atoms with E-state index in [1.165, 1.54) is 25.1 Å². The maximum atomic E-state index is 12.1. The van der Waals surface area contributed by atoms with E-state index in [1.54, 1.807) is 6.07 Å². The molecule has 0 atom stereocenters. The summed E-state index contributed by atoms with van der Waals surface area (Å²) in [6, 6.07) is 3.05. The van der Waals surface area contributed by atoms with Gasteiger partial charge in [0.15, 0.2) is 0 Å². The van der Waals surface area contributed by atoms with Crippen LogP contribution in [0, 0.1) is 11.3 Å². The number of hydrogen-bond acceptors (Lipinski definition) is 5. The number of anilines is 1. The van der Waals surface area contributed by atoms with Gasteiger partial charge in [-0.05, 0) is 49.1 Å². The van der Waals surface area contributed by atoms with Crippen LogP contribution in [0.25, 0.3) is 0 Å². The number of nitrogens with two attached hydrogens (primary N) is 1. The Bertz CT molecular complexity index is 562. The molecule has 1 aromatic rings. The van der Waals surface area contributed by atoms with Crippen molar-refractivity contribution >= 4 is 15.8 Å². The second-order valence-electron chi connectivity index (χ2n) is 5.48. The Morgan fingerprint density at radius 2 is 2.11 bits per heavy atom. The van der Waals surface area contributed by atoms with Crippen LogP contribution in [0.3, 0.4) is 0 Å². The van der Waals surface area contributed by atoms with Crippen molar-refractivity contribution in [3.05, 3.63) is 18.3 Å². The van der Waals surface area contributed by atoms with Crippen molar-refractivity contribution in [2.24, 2.45) is 17.2 Å². The van der Waals surface area contributed by atoms with Gasteiger partial charge in [-0.2, -0.15) is 0 Å². The van der Waals surface area contributed by atoms with Gasteiger partial charge in [0.1, 0.15) is 10.7 Å². The lowest BCUT2D eigenvalue weighted by Gasteiger charge is -2.15. The van der Waals surface area contributed by atoms with E-state index >= 15 is 0 Å². The zero-order valence-electron chi connectivity index (χ0n) is 10.6. The quantitative estimate of drug-likeness (QED) is 0.530. The molecule has 1 heterocycles. The van der Waals surface area contributed by atoms with Crippen molar-refractivity contribution in [1.29, 1.82) is 0 Å². The fourth-order valence-electron chi connectivity index (χ4n) is 2.53. The smallest absolute Gasteiger partial charge is 0.242 e. The standard InChI is InChI=1S/C12H18N4O2S/c13-16-11-4-3-10(7-14-11)19(17,18)15-8-12(5-6-12)9-1-2-9/h3-4,7,9,15H,1-2,5-6,8,13H2,(H,14,16). The van der Waals surface area contributed by atoms with Gasteiger partial charge >= 0.3 is 0 Å². The summed E-state index contributed by atoms with van der Waals surface area (Å²) >= 11 is 0. The van der Waals surface area contributed by atoms with Crippen molar-refractivity contribution in [3.8, 4) is 0 Å². The first kappa shape index (κ1) is 12.8. The highest BCUT2D eigenvalue weighted by Gasteiger charge is 2.53. The maximum Gasteiger partial charge on any atom is 0.242 e. The monoisotopic (exact) mass is 282 g/mol. The SMILES string of the molecule is NNc1ccc(S(=O)(=O)NCC2(C3CC3)CC2)cn1. The molecule has 19 heavy (non-hydrogen) atoms. The van der Waals surface area contributed by atoms with Crippen LogP contribution in [0.4, 0.5) is 5.82 Å². The highest BCUT2D eigenvalue weighted by molar-refractivity contribution is 7.89. The Balaban J connectivity index is 1.67. The molecule has 0 spiro atoms. The van der Waals surface area contributed by atoms with Crippen LogP contribution in [0.5, 0.6) is 0 Å². The fourth-order valence-corrected chi connectivity index (χ4v) is 3.62. The second kappa shape index (κ2) is 4.43. The molecule has 0 radical (unpaired) electrons. The van der Waals surface area contributed by atoms with E-state index < -0.39 is 10.0 Å². The lowest BCUT2D eigenvalue weighted by molar-refractivity contribution is 0.432. The molecule has 0 saturated heterocycles. The molecule has 2 fully saturated rings. The summed E-state index contributed by atoms with van der Waals surface area (Å²) in [5.41, 5.74) is 2.62. The first-order valence-corrected chi connectivity index (χ1v) is 7.96. The normalized spacial score (nSPS) is 21.1. The maximum absolute atomic E-state index is 12.1. The summed E-state index contributed by atoms with van der Waals surface area (Å²) in [6.07, 6.45) is 6.11. The number of nitrogens with one attached hydrogen (secondary N) is 2. The van der Waals surface area contributed by atoms with Crippen LogP contribution in [-0.2, 0) is 10.0 Å². The van der Waals surface area contributed by atoms with Crippen LogP contribution >= 0.6 is 0 Å². The Morgan fingerprint density at radius 3 is 2.58 bits per heavy atom. The molecule has 3 rings (SSSR count). The summed E-state index contributed by atoms with van der Waals surface area (Å²) in [5, 5.41) is 0. The van der Waals surface area contributed by atoms with Gasteiger partial charge in [0, 0.05) is 12.7 Å². The van der Waals surface area contributed by atoms with Crippen molar-refractivity contribution in [2.75, 3.05) is 12.0 Å². The van der Waals surface area contributed by atoms with Crippen molar-refractivity contribution < 1.29 is 8.42 Å². The molecule has 0 bridgehead atoms. The molecule has 104 valence electrons. The zero-order valence-corrected chi connectivity index (χ0v) is 11.4. The van der Waals surface area contributed by atoms with Gasteiger partial charge in [-0.15, -0.1) is 0 Å². The van der Waals surface area contributed by atoms with Gasteiger partial charge in [-0.25, -0.2) is 24.0 Å². The number of hydrogen-bond donors (Lipinski definition) is 3. The summed E-state index contributed by atoms with van der Waals surface area (Å²) in [4.78, 5) is 4.09.